The summed E-state index contributed by atoms with van der Waals surface area (Å²) in [5.74, 6) is 1.46. The van der Waals surface area contributed by atoms with Crippen molar-refractivity contribution >= 4 is 5.91 Å². The Hall–Kier alpha value is -2.49. The number of hydrogen-bond acceptors (Lipinski definition) is 3. The van der Waals surface area contributed by atoms with Gasteiger partial charge >= 0.3 is 0 Å². The summed E-state index contributed by atoms with van der Waals surface area (Å²) in [7, 11) is 0. The second-order valence-corrected chi connectivity index (χ2v) is 5.43. The first-order valence-corrected chi connectivity index (χ1v) is 7.44. The molecule has 2 aromatic rings. The van der Waals surface area contributed by atoms with Crippen LogP contribution in [-0.4, -0.2) is 24.7 Å². The lowest BCUT2D eigenvalue weighted by Gasteiger charge is -2.30. The quantitative estimate of drug-likeness (QED) is 0.943. The molecule has 0 saturated heterocycles. The maximum atomic E-state index is 12.1. The molecule has 1 heterocycles. The van der Waals surface area contributed by atoms with Crippen LogP contribution in [0.2, 0.25) is 0 Å². The van der Waals surface area contributed by atoms with E-state index in [1.54, 1.807) is 0 Å². The minimum atomic E-state index is -0.186. The maximum absolute atomic E-state index is 12.1. The molecule has 114 valence electrons. The van der Waals surface area contributed by atoms with Crippen molar-refractivity contribution in [2.24, 2.45) is 0 Å². The Labute approximate surface area is 130 Å². The molecule has 4 heteroatoms. The van der Waals surface area contributed by atoms with Crippen LogP contribution in [0.3, 0.4) is 0 Å². The van der Waals surface area contributed by atoms with E-state index >= 15 is 0 Å². The summed E-state index contributed by atoms with van der Waals surface area (Å²) in [6, 6.07) is 17.1. The van der Waals surface area contributed by atoms with Crippen LogP contribution in [0.1, 0.15) is 12.5 Å². The second kappa shape index (κ2) is 6.52. The molecule has 0 saturated carbocycles. The Morgan fingerprint density at radius 1 is 1.14 bits per heavy atom. The average molecular weight is 297 g/mol. The van der Waals surface area contributed by atoms with Crippen LogP contribution in [0.5, 0.6) is 11.5 Å². The highest BCUT2D eigenvalue weighted by molar-refractivity contribution is 5.78. The van der Waals surface area contributed by atoms with Crippen LogP contribution in [-0.2, 0) is 11.2 Å². The summed E-state index contributed by atoms with van der Waals surface area (Å²) in [5.41, 5.74) is 0.998. The maximum Gasteiger partial charge on any atom is 0.224 e. The highest BCUT2D eigenvalue weighted by Gasteiger charge is 2.26. The minimum absolute atomic E-state index is 0.0128. The Morgan fingerprint density at radius 2 is 1.82 bits per heavy atom. The van der Waals surface area contributed by atoms with Crippen molar-refractivity contribution < 1.29 is 14.3 Å². The fourth-order valence-electron chi connectivity index (χ4n) is 2.46. The van der Waals surface area contributed by atoms with Crippen molar-refractivity contribution in [1.82, 2.24) is 5.32 Å². The van der Waals surface area contributed by atoms with Crippen LogP contribution in [0, 0.1) is 0 Å². The van der Waals surface area contributed by atoms with E-state index in [4.69, 9.17) is 9.47 Å². The van der Waals surface area contributed by atoms with Gasteiger partial charge in [-0.1, -0.05) is 42.5 Å². The van der Waals surface area contributed by atoms with E-state index < -0.39 is 0 Å². The Bertz CT molecular complexity index is 642. The van der Waals surface area contributed by atoms with Crippen molar-refractivity contribution in [3.63, 3.8) is 0 Å². The van der Waals surface area contributed by atoms with E-state index in [2.05, 4.69) is 5.32 Å². The first-order valence-electron chi connectivity index (χ1n) is 7.44. The Kier molecular flexibility index (Phi) is 4.28. The monoisotopic (exact) mass is 297 g/mol. The summed E-state index contributed by atoms with van der Waals surface area (Å²) in [6.45, 7) is 2.37. The molecule has 0 radical (unpaired) electrons. The zero-order chi connectivity index (χ0) is 15.4. The van der Waals surface area contributed by atoms with Gasteiger partial charge in [-0.05, 0) is 24.6 Å². The summed E-state index contributed by atoms with van der Waals surface area (Å²) < 4.78 is 11.6. The third-order valence-corrected chi connectivity index (χ3v) is 3.68. The van der Waals surface area contributed by atoms with Crippen molar-refractivity contribution in [2.45, 2.75) is 25.5 Å². The summed E-state index contributed by atoms with van der Waals surface area (Å²) in [4.78, 5) is 12.1. The zero-order valence-electron chi connectivity index (χ0n) is 12.5. The van der Waals surface area contributed by atoms with Gasteiger partial charge in [0.25, 0.3) is 0 Å². The van der Waals surface area contributed by atoms with Gasteiger partial charge in [-0.25, -0.2) is 0 Å². The molecule has 0 spiro atoms. The number of nitrogens with one attached hydrogen (secondary N) is 1. The van der Waals surface area contributed by atoms with Gasteiger partial charge in [-0.2, -0.15) is 0 Å². The number of carbonyl (C=O) groups excluding carboxylic acids is 1. The van der Waals surface area contributed by atoms with Crippen LogP contribution >= 0.6 is 0 Å². The van der Waals surface area contributed by atoms with E-state index in [9.17, 15) is 4.79 Å². The average Bonchev–Trinajstić information content (AvgIpc) is 2.55. The smallest absolute Gasteiger partial charge is 0.224 e. The summed E-state index contributed by atoms with van der Waals surface area (Å²) >= 11 is 0. The van der Waals surface area contributed by atoms with Gasteiger partial charge in [0.2, 0.25) is 5.91 Å². The molecule has 0 fully saturated rings. The lowest BCUT2D eigenvalue weighted by Crippen LogP contribution is -2.48. The van der Waals surface area contributed by atoms with Crippen LogP contribution in [0.15, 0.2) is 54.6 Å². The first-order chi connectivity index (χ1) is 10.7. The predicted octanol–water partition coefficient (Wildman–Crippen LogP) is 2.57. The van der Waals surface area contributed by atoms with E-state index in [-0.39, 0.29) is 18.1 Å². The Morgan fingerprint density at radius 3 is 2.59 bits per heavy atom. The second-order valence-electron chi connectivity index (χ2n) is 5.43. The molecule has 0 aliphatic carbocycles. The molecule has 2 atom stereocenters. The molecule has 22 heavy (non-hydrogen) atoms. The molecule has 0 bridgehead atoms. The van der Waals surface area contributed by atoms with Gasteiger partial charge < -0.3 is 14.8 Å². The highest BCUT2D eigenvalue weighted by atomic mass is 16.6. The number of carbonyl (C=O) groups is 1. The van der Waals surface area contributed by atoms with Gasteiger partial charge in [0.15, 0.2) is 17.6 Å². The third-order valence-electron chi connectivity index (χ3n) is 3.68. The number of rotatable bonds is 4. The number of para-hydroxylation sites is 2. The summed E-state index contributed by atoms with van der Waals surface area (Å²) in [5, 5.41) is 2.98. The van der Waals surface area contributed by atoms with Crippen LogP contribution in [0.25, 0.3) is 0 Å². The topological polar surface area (TPSA) is 47.6 Å². The Balaban J connectivity index is 1.56. The molecule has 1 N–H and O–H groups in total. The fourth-order valence-corrected chi connectivity index (χ4v) is 2.46. The number of benzene rings is 2. The SMILES string of the molecule is C[C@H](NC(=O)Cc1ccccc1)[C@@H]1COc2ccccc2O1. The molecule has 0 unspecified atom stereocenters. The fraction of sp³-hybridized carbons (Fsp3) is 0.278. The van der Waals surface area contributed by atoms with Gasteiger partial charge in [0.1, 0.15) is 6.61 Å². The molecule has 1 aliphatic rings. The van der Waals surface area contributed by atoms with Gasteiger partial charge in [-0.3, -0.25) is 4.79 Å². The molecule has 2 aromatic carbocycles. The van der Waals surface area contributed by atoms with Crippen molar-refractivity contribution in [3.8, 4) is 11.5 Å². The number of ether oxygens (including phenoxy) is 2. The third kappa shape index (κ3) is 3.39. The number of amides is 1. The zero-order valence-corrected chi connectivity index (χ0v) is 12.5. The van der Waals surface area contributed by atoms with Crippen molar-refractivity contribution in [2.75, 3.05) is 6.61 Å². The molecule has 1 aliphatic heterocycles. The van der Waals surface area contributed by atoms with Crippen LogP contribution in [0.4, 0.5) is 0 Å². The number of fused-ring (bicyclic) bond motifs is 1. The molecule has 1 amide bonds. The predicted molar refractivity (Wildman–Crippen MR) is 84.1 cm³/mol. The molecule has 4 nitrogen and oxygen atoms in total. The van der Waals surface area contributed by atoms with Crippen molar-refractivity contribution in [1.29, 1.82) is 0 Å². The molecule has 0 aromatic heterocycles. The van der Waals surface area contributed by atoms with Crippen LogP contribution < -0.4 is 14.8 Å². The van der Waals surface area contributed by atoms with Gasteiger partial charge in [0, 0.05) is 0 Å². The first kappa shape index (κ1) is 14.4. The number of hydrogen-bond donors (Lipinski definition) is 1. The molecular formula is C18H19NO3. The lowest BCUT2D eigenvalue weighted by atomic mass is 10.1. The van der Waals surface area contributed by atoms with E-state index in [0.29, 0.717) is 13.0 Å². The van der Waals surface area contributed by atoms with E-state index in [1.807, 2.05) is 61.5 Å². The lowest BCUT2D eigenvalue weighted by molar-refractivity contribution is -0.121. The highest BCUT2D eigenvalue weighted by Crippen LogP contribution is 2.31. The van der Waals surface area contributed by atoms with E-state index in [0.717, 1.165) is 17.1 Å². The standard InChI is InChI=1S/C18H19NO3/c1-13(19-18(20)11-14-7-3-2-4-8-14)17-12-21-15-9-5-6-10-16(15)22-17/h2-10,13,17H,11-12H2,1H3,(H,19,20)/t13-,17-/m0/s1. The largest absolute Gasteiger partial charge is 0.486 e. The van der Waals surface area contributed by atoms with Crippen molar-refractivity contribution in [3.05, 3.63) is 60.2 Å². The van der Waals surface area contributed by atoms with Gasteiger partial charge in [-0.15, -0.1) is 0 Å². The minimum Gasteiger partial charge on any atom is -0.486 e. The summed E-state index contributed by atoms with van der Waals surface area (Å²) in [6.07, 6.45) is 0.185. The van der Waals surface area contributed by atoms with E-state index in [1.165, 1.54) is 0 Å². The normalized spacial score (nSPS) is 17.6. The van der Waals surface area contributed by atoms with Gasteiger partial charge in [0.05, 0.1) is 12.5 Å². The molecular weight excluding hydrogens is 278 g/mol. The molecule has 3 rings (SSSR count).